The van der Waals surface area contributed by atoms with Gasteiger partial charge >= 0.3 is 0 Å². The molecule has 0 spiro atoms. The average molecular weight is 586 g/mol. The van der Waals surface area contributed by atoms with Crippen LogP contribution in [0.2, 0.25) is 5.02 Å². The van der Waals surface area contributed by atoms with E-state index in [1.807, 2.05) is 6.08 Å². The summed E-state index contributed by atoms with van der Waals surface area (Å²) in [5.74, 6) is -5.24. The molecule has 1 saturated carbocycles. The Morgan fingerprint density at radius 3 is 2.33 bits per heavy atom. The lowest BCUT2D eigenvalue weighted by molar-refractivity contribution is -0.138. The fourth-order valence-corrected chi connectivity index (χ4v) is 8.15. The fraction of sp³-hybridized carbons (Fsp3) is 0.310. The predicted molar refractivity (Wildman–Crippen MR) is 148 cm³/mol. The molecule has 10 heteroatoms. The van der Waals surface area contributed by atoms with Gasteiger partial charge in [-0.15, -0.1) is 23.2 Å². The molecule has 4 aliphatic rings. The van der Waals surface area contributed by atoms with Crippen LogP contribution >= 0.6 is 34.8 Å². The standard InChI is InChI=1S/C29H23Cl3N2O5/c1-3-14-4-6-15(7-5-14)34-24(36)19-11-10-17-20(22(19)25(34)37)13-28(31)26(38)33(2)27(39)29(28,32)23(17)18-9-8-16(35)12-21(18)30/h3-10,12,19-20,22-23,35H,1,11,13H2,2H3/t19-,20+,22-,23+,28+,29-/m0/s1. The van der Waals surface area contributed by atoms with E-state index in [-0.39, 0.29) is 29.5 Å². The smallest absolute Gasteiger partial charge is 0.253 e. The van der Waals surface area contributed by atoms with Gasteiger partial charge in [0.2, 0.25) is 11.8 Å². The molecular formula is C29H23Cl3N2O5. The Morgan fingerprint density at radius 1 is 1.00 bits per heavy atom. The van der Waals surface area contributed by atoms with Crippen molar-refractivity contribution < 1.29 is 24.3 Å². The van der Waals surface area contributed by atoms with Crippen LogP contribution in [0.25, 0.3) is 6.08 Å². The van der Waals surface area contributed by atoms with Crippen molar-refractivity contribution in [3.63, 3.8) is 0 Å². The summed E-state index contributed by atoms with van der Waals surface area (Å²) in [4.78, 5) is 52.9. The largest absolute Gasteiger partial charge is 0.508 e. The van der Waals surface area contributed by atoms with Crippen LogP contribution in [0.4, 0.5) is 5.69 Å². The molecule has 2 aromatic carbocycles. The highest BCUT2D eigenvalue weighted by molar-refractivity contribution is 6.53. The second-order valence-corrected chi connectivity index (χ2v) is 12.2. The van der Waals surface area contributed by atoms with Crippen LogP contribution in [-0.4, -0.2) is 50.4 Å². The molecule has 200 valence electrons. The number of likely N-dealkylation sites (tertiary alicyclic amines) is 1. The number of alkyl halides is 2. The lowest BCUT2D eigenvalue weighted by Gasteiger charge is -2.51. The minimum Gasteiger partial charge on any atom is -0.508 e. The van der Waals surface area contributed by atoms with Crippen LogP contribution in [0.1, 0.15) is 29.9 Å². The molecule has 4 amide bonds. The maximum atomic E-state index is 14.0. The molecule has 2 aliphatic carbocycles. The van der Waals surface area contributed by atoms with Crippen LogP contribution in [0.15, 0.2) is 60.7 Å². The predicted octanol–water partition coefficient (Wildman–Crippen LogP) is 4.88. The van der Waals surface area contributed by atoms with Gasteiger partial charge in [-0.05, 0) is 54.2 Å². The van der Waals surface area contributed by atoms with Crippen molar-refractivity contribution in [3.8, 4) is 5.75 Å². The van der Waals surface area contributed by atoms with Gasteiger partial charge < -0.3 is 5.11 Å². The van der Waals surface area contributed by atoms with E-state index >= 15 is 0 Å². The van der Waals surface area contributed by atoms with Crippen molar-refractivity contribution in [3.05, 3.63) is 76.8 Å². The van der Waals surface area contributed by atoms with Gasteiger partial charge in [-0.2, -0.15) is 0 Å². The Hall–Kier alpha value is -3.13. The zero-order valence-electron chi connectivity index (χ0n) is 20.7. The first-order chi connectivity index (χ1) is 18.5. The molecule has 0 unspecified atom stereocenters. The summed E-state index contributed by atoms with van der Waals surface area (Å²) < 4.78 is 0. The number of phenols is 1. The van der Waals surface area contributed by atoms with Gasteiger partial charge in [0.15, 0.2) is 9.75 Å². The first-order valence-corrected chi connectivity index (χ1v) is 13.6. The van der Waals surface area contributed by atoms with Crippen LogP contribution in [-0.2, 0) is 19.2 Å². The van der Waals surface area contributed by atoms with Crippen molar-refractivity contribution in [2.45, 2.75) is 28.5 Å². The molecule has 2 aliphatic heterocycles. The van der Waals surface area contributed by atoms with Crippen LogP contribution < -0.4 is 4.90 Å². The highest BCUT2D eigenvalue weighted by Gasteiger charge is 2.76. The number of amides is 4. The summed E-state index contributed by atoms with van der Waals surface area (Å²) in [6.07, 6.45) is 3.65. The Bertz CT molecular complexity index is 1520. The van der Waals surface area contributed by atoms with Crippen molar-refractivity contribution in [1.29, 1.82) is 0 Å². The summed E-state index contributed by atoms with van der Waals surface area (Å²) in [7, 11) is 1.33. The first kappa shape index (κ1) is 26.1. The number of allylic oxidation sites excluding steroid dienone is 2. The van der Waals surface area contributed by atoms with Gasteiger partial charge in [0.25, 0.3) is 11.8 Å². The normalized spacial score (nSPS) is 33.6. The molecule has 3 fully saturated rings. The number of carbonyl (C=O) groups is 4. The third kappa shape index (κ3) is 3.30. The van der Waals surface area contributed by atoms with Crippen LogP contribution in [0.5, 0.6) is 5.75 Å². The second-order valence-electron chi connectivity index (χ2n) is 10.5. The van der Waals surface area contributed by atoms with Gasteiger partial charge in [-0.3, -0.25) is 29.0 Å². The van der Waals surface area contributed by atoms with E-state index in [4.69, 9.17) is 34.8 Å². The molecule has 6 atom stereocenters. The fourth-order valence-electron chi connectivity index (χ4n) is 6.85. The average Bonchev–Trinajstić information content (AvgIpc) is 3.24. The van der Waals surface area contributed by atoms with E-state index < -0.39 is 51.1 Å². The van der Waals surface area contributed by atoms with Gasteiger partial charge in [-0.25, -0.2) is 0 Å². The van der Waals surface area contributed by atoms with E-state index in [2.05, 4.69) is 6.58 Å². The van der Waals surface area contributed by atoms with Crippen LogP contribution in [0, 0.1) is 17.8 Å². The summed E-state index contributed by atoms with van der Waals surface area (Å²) in [5.41, 5.74) is 2.32. The number of carbonyl (C=O) groups excluding carboxylic acids is 4. The van der Waals surface area contributed by atoms with E-state index in [1.165, 1.54) is 24.1 Å². The molecule has 2 aromatic rings. The molecule has 39 heavy (non-hydrogen) atoms. The minimum absolute atomic E-state index is 0.0878. The van der Waals surface area contributed by atoms with Gasteiger partial charge in [0.05, 0.1) is 17.5 Å². The van der Waals surface area contributed by atoms with Gasteiger partial charge in [0, 0.05) is 18.0 Å². The number of hydrogen-bond acceptors (Lipinski definition) is 5. The summed E-state index contributed by atoms with van der Waals surface area (Å²) in [5, 5.41) is 10.1. The molecular weight excluding hydrogens is 563 g/mol. The zero-order valence-corrected chi connectivity index (χ0v) is 23.0. The number of imide groups is 2. The SMILES string of the molecule is C=Cc1ccc(N2C(=O)[C@H]3[C@H](CC=C4[C@H]3C[C@@]3(Cl)C(=O)N(C)C(=O)[C@@]3(Cl)[C@H]4c3ccc(O)cc3Cl)C2=O)cc1. The van der Waals surface area contributed by atoms with E-state index in [9.17, 15) is 24.3 Å². The van der Waals surface area contributed by atoms with E-state index in [1.54, 1.807) is 36.4 Å². The Balaban J connectivity index is 1.51. The lowest BCUT2D eigenvalue weighted by atomic mass is 9.56. The number of benzene rings is 2. The monoisotopic (exact) mass is 584 g/mol. The number of hydrogen-bond donors (Lipinski definition) is 1. The van der Waals surface area contributed by atoms with Gasteiger partial charge in [0.1, 0.15) is 5.75 Å². The molecule has 2 saturated heterocycles. The molecule has 0 bridgehead atoms. The number of nitrogens with zero attached hydrogens (tertiary/aromatic N) is 2. The maximum absolute atomic E-state index is 14.0. The third-order valence-electron chi connectivity index (χ3n) is 8.70. The lowest BCUT2D eigenvalue weighted by Crippen LogP contribution is -2.60. The van der Waals surface area contributed by atoms with Crippen molar-refractivity contribution >= 4 is 70.2 Å². The number of fused-ring (bicyclic) bond motifs is 4. The number of anilines is 1. The molecule has 2 heterocycles. The summed E-state index contributed by atoms with van der Waals surface area (Å²) in [6, 6.07) is 11.2. The Labute approximate surface area is 239 Å². The number of rotatable bonds is 3. The maximum Gasteiger partial charge on any atom is 0.253 e. The highest BCUT2D eigenvalue weighted by Crippen LogP contribution is 2.66. The zero-order chi connectivity index (χ0) is 28.0. The molecule has 0 radical (unpaired) electrons. The minimum atomic E-state index is -1.93. The molecule has 0 aromatic heterocycles. The topological polar surface area (TPSA) is 95.0 Å². The molecule has 1 N–H and O–H groups in total. The van der Waals surface area contributed by atoms with Crippen molar-refractivity contribution in [2.24, 2.45) is 17.8 Å². The third-order valence-corrected chi connectivity index (χ3v) is 10.4. The number of aromatic hydroxyl groups is 1. The number of halogens is 3. The summed E-state index contributed by atoms with van der Waals surface area (Å²) in [6.45, 7) is 3.73. The highest BCUT2D eigenvalue weighted by atomic mass is 35.5. The van der Waals surface area contributed by atoms with E-state index in [0.29, 0.717) is 16.8 Å². The van der Waals surface area contributed by atoms with Crippen LogP contribution in [0.3, 0.4) is 0 Å². The number of phenolic OH excluding ortho intramolecular Hbond substituents is 1. The summed E-state index contributed by atoms with van der Waals surface area (Å²) >= 11 is 20.8. The van der Waals surface area contributed by atoms with Crippen molar-refractivity contribution in [2.75, 3.05) is 11.9 Å². The van der Waals surface area contributed by atoms with E-state index in [0.717, 1.165) is 10.5 Å². The molecule has 6 rings (SSSR count). The Morgan fingerprint density at radius 2 is 1.69 bits per heavy atom. The first-order valence-electron chi connectivity index (χ1n) is 12.4. The molecule has 7 nitrogen and oxygen atoms in total. The quantitative estimate of drug-likeness (QED) is 0.315. The Kier molecular flexibility index (Phi) is 5.81. The van der Waals surface area contributed by atoms with Gasteiger partial charge in [-0.1, -0.05) is 54.1 Å². The second kappa shape index (κ2) is 8.68. The van der Waals surface area contributed by atoms with Crippen molar-refractivity contribution in [1.82, 2.24) is 4.90 Å².